The van der Waals surface area contributed by atoms with Crippen LogP contribution in [0.5, 0.6) is 11.6 Å². The molecule has 1 atom stereocenters. The summed E-state index contributed by atoms with van der Waals surface area (Å²) >= 11 is 0. The first-order valence-electron chi connectivity index (χ1n) is 11.6. The van der Waals surface area contributed by atoms with Gasteiger partial charge in [0.05, 0.1) is 6.42 Å². The zero-order valence-electron chi connectivity index (χ0n) is 19.6. The molecule has 3 aromatic rings. The fourth-order valence-electron chi connectivity index (χ4n) is 4.30. The monoisotopic (exact) mass is 458 g/mol. The number of piperidine rings is 1. The molecule has 0 bridgehead atoms. The van der Waals surface area contributed by atoms with Crippen LogP contribution in [-0.4, -0.2) is 45.3 Å². The number of nitrogens with one attached hydrogen (secondary N) is 1. The van der Waals surface area contributed by atoms with Crippen molar-refractivity contribution >= 4 is 11.8 Å². The second kappa shape index (κ2) is 10.5. The van der Waals surface area contributed by atoms with Gasteiger partial charge in [0.1, 0.15) is 17.0 Å². The molecule has 34 heavy (non-hydrogen) atoms. The molecule has 1 N–H and O–H groups in total. The summed E-state index contributed by atoms with van der Waals surface area (Å²) < 4.78 is 6.00. The number of rotatable bonds is 7. The molecule has 7 nitrogen and oxygen atoms in total. The Bertz CT molecular complexity index is 1120. The number of carbonyl (C=O) groups excluding carboxylic acids is 2. The summed E-state index contributed by atoms with van der Waals surface area (Å²) in [6.45, 7) is 4.66. The van der Waals surface area contributed by atoms with Crippen LogP contribution in [0.15, 0.2) is 73.1 Å². The van der Waals surface area contributed by atoms with Crippen LogP contribution in [0, 0.1) is 0 Å². The van der Waals surface area contributed by atoms with Gasteiger partial charge in [-0.3, -0.25) is 14.6 Å². The van der Waals surface area contributed by atoms with Gasteiger partial charge >= 0.3 is 0 Å². The molecule has 0 spiro atoms. The summed E-state index contributed by atoms with van der Waals surface area (Å²) in [5.41, 5.74) is 0.643. The zero-order chi connectivity index (χ0) is 24.0. The highest BCUT2D eigenvalue weighted by Gasteiger charge is 2.37. The number of carbonyl (C=O) groups is 2. The predicted molar refractivity (Wildman–Crippen MR) is 129 cm³/mol. The summed E-state index contributed by atoms with van der Waals surface area (Å²) in [4.78, 5) is 36.8. The van der Waals surface area contributed by atoms with Gasteiger partial charge in [-0.25, -0.2) is 4.98 Å². The molecule has 2 heterocycles. The third-order valence-electron chi connectivity index (χ3n) is 5.94. The van der Waals surface area contributed by atoms with Crippen LogP contribution in [-0.2, 0) is 16.0 Å². The van der Waals surface area contributed by atoms with E-state index < -0.39 is 5.54 Å². The van der Waals surface area contributed by atoms with Crippen molar-refractivity contribution < 1.29 is 14.3 Å². The molecule has 176 valence electrons. The van der Waals surface area contributed by atoms with Crippen molar-refractivity contribution in [3.05, 3.63) is 84.3 Å². The summed E-state index contributed by atoms with van der Waals surface area (Å²) in [5.74, 6) is 0.873. The minimum atomic E-state index is -1.01. The van der Waals surface area contributed by atoms with Crippen molar-refractivity contribution in [1.82, 2.24) is 20.2 Å². The SMILES string of the molecule is CC(C)(NC(=O)Cc1ccccc1)C(=O)N1CCCC(c2nccnc2Oc2ccccc2)C1. The highest BCUT2D eigenvalue weighted by Crippen LogP contribution is 2.33. The maximum Gasteiger partial charge on any atom is 0.247 e. The van der Waals surface area contributed by atoms with Gasteiger partial charge in [0.15, 0.2) is 0 Å². The maximum atomic E-state index is 13.4. The maximum absolute atomic E-state index is 13.4. The number of benzene rings is 2. The first-order valence-corrected chi connectivity index (χ1v) is 11.6. The minimum absolute atomic E-state index is 0.000863. The van der Waals surface area contributed by atoms with E-state index in [1.807, 2.05) is 65.6 Å². The number of amides is 2. The van der Waals surface area contributed by atoms with Crippen molar-refractivity contribution in [1.29, 1.82) is 0 Å². The van der Waals surface area contributed by atoms with Gasteiger partial charge in [-0.15, -0.1) is 0 Å². The molecular weight excluding hydrogens is 428 g/mol. The Hall–Kier alpha value is -3.74. The Morgan fingerprint density at radius 2 is 1.71 bits per heavy atom. The molecule has 0 saturated carbocycles. The van der Waals surface area contributed by atoms with E-state index in [1.54, 1.807) is 26.2 Å². The molecule has 0 aliphatic carbocycles. The van der Waals surface area contributed by atoms with Gasteiger partial charge in [0.25, 0.3) is 0 Å². The van der Waals surface area contributed by atoms with E-state index in [9.17, 15) is 9.59 Å². The van der Waals surface area contributed by atoms with E-state index in [2.05, 4.69) is 15.3 Å². The summed E-state index contributed by atoms with van der Waals surface area (Å²) in [6, 6.07) is 19.0. The van der Waals surface area contributed by atoms with E-state index >= 15 is 0 Å². The van der Waals surface area contributed by atoms with Crippen LogP contribution in [0.2, 0.25) is 0 Å². The van der Waals surface area contributed by atoms with Gasteiger partial charge < -0.3 is 15.0 Å². The molecule has 1 aliphatic rings. The molecule has 1 fully saturated rings. The number of hydrogen-bond acceptors (Lipinski definition) is 5. The van der Waals surface area contributed by atoms with Gasteiger partial charge in [0.2, 0.25) is 17.7 Å². The summed E-state index contributed by atoms with van der Waals surface area (Å²) in [7, 11) is 0. The van der Waals surface area contributed by atoms with E-state index in [4.69, 9.17) is 4.74 Å². The largest absolute Gasteiger partial charge is 0.437 e. The van der Waals surface area contributed by atoms with E-state index in [0.29, 0.717) is 24.7 Å². The van der Waals surface area contributed by atoms with Crippen LogP contribution in [0.25, 0.3) is 0 Å². The first-order chi connectivity index (χ1) is 16.4. The van der Waals surface area contributed by atoms with Crippen molar-refractivity contribution in [3.63, 3.8) is 0 Å². The lowest BCUT2D eigenvalue weighted by atomic mass is 9.92. The normalized spacial score (nSPS) is 16.1. The van der Waals surface area contributed by atoms with E-state index in [0.717, 1.165) is 24.1 Å². The van der Waals surface area contributed by atoms with Crippen LogP contribution in [0.3, 0.4) is 0 Å². The average molecular weight is 459 g/mol. The lowest BCUT2D eigenvalue weighted by molar-refractivity contribution is -0.141. The molecule has 1 saturated heterocycles. The highest BCUT2D eigenvalue weighted by atomic mass is 16.5. The third kappa shape index (κ3) is 5.78. The number of hydrogen-bond donors (Lipinski definition) is 1. The zero-order valence-corrected chi connectivity index (χ0v) is 19.6. The number of nitrogens with zero attached hydrogens (tertiary/aromatic N) is 3. The average Bonchev–Trinajstić information content (AvgIpc) is 2.85. The standard InChI is InChI=1S/C27H30N4O3/c1-27(2,30-23(32)18-20-10-5-3-6-11-20)26(33)31-17-9-12-21(19-31)24-25(29-16-15-28-24)34-22-13-7-4-8-14-22/h3-8,10-11,13-16,21H,9,12,17-19H2,1-2H3,(H,30,32). The lowest BCUT2D eigenvalue weighted by Crippen LogP contribution is -2.57. The fourth-order valence-corrected chi connectivity index (χ4v) is 4.30. The van der Waals surface area contributed by atoms with Crippen molar-refractivity contribution in [2.24, 2.45) is 0 Å². The molecule has 1 aliphatic heterocycles. The second-order valence-electron chi connectivity index (χ2n) is 9.09. The molecule has 7 heteroatoms. The topological polar surface area (TPSA) is 84.4 Å². The molecule has 2 aromatic carbocycles. The molecular formula is C27H30N4O3. The molecule has 1 aromatic heterocycles. The van der Waals surface area contributed by atoms with Crippen LogP contribution in [0.4, 0.5) is 0 Å². The smallest absolute Gasteiger partial charge is 0.247 e. The Labute approximate surface area is 200 Å². The van der Waals surface area contributed by atoms with Gasteiger partial charge in [0, 0.05) is 31.4 Å². The van der Waals surface area contributed by atoms with Crippen LogP contribution < -0.4 is 10.1 Å². The summed E-state index contributed by atoms with van der Waals surface area (Å²) in [5, 5.41) is 2.92. The van der Waals surface area contributed by atoms with Crippen LogP contribution >= 0.6 is 0 Å². The number of ether oxygens (including phenoxy) is 1. The van der Waals surface area contributed by atoms with Gasteiger partial charge in [-0.1, -0.05) is 48.5 Å². The molecule has 0 radical (unpaired) electrons. The Morgan fingerprint density at radius 1 is 1.03 bits per heavy atom. The third-order valence-corrected chi connectivity index (χ3v) is 5.94. The van der Waals surface area contributed by atoms with Gasteiger partial charge in [-0.05, 0) is 44.4 Å². The van der Waals surface area contributed by atoms with Crippen LogP contribution in [0.1, 0.15) is 43.9 Å². The van der Waals surface area contributed by atoms with Crippen molar-refractivity contribution in [2.45, 2.75) is 44.6 Å². The molecule has 1 unspecified atom stereocenters. The Kier molecular flexibility index (Phi) is 7.21. The lowest BCUT2D eigenvalue weighted by Gasteiger charge is -2.37. The van der Waals surface area contributed by atoms with E-state index in [1.165, 1.54) is 0 Å². The van der Waals surface area contributed by atoms with Crippen molar-refractivity contribution in [3.8, 4) is 11.6 Å². The Morgan fingerprint density at radius 3 is 2.44 bits per heavy atom. The minimum Gasteiger partial charge on any atom is -0.437 e. The van der Waals surface area contributed by atoms with Crippen molar-refractivity contribution in [2.75, 3.05) is 13.1 Å². The molecule has 4 rings (SSSR count). The number of para-hydroxylation sites is 1. The molecule has 2 amide bonds. The second-order valence-corrected chi connectivity index (χ2v) is 9.09. The van der Waals surface area contributed by atoms with E-state index in [-0.39, 0.29) is 24.2 Å². The fraction of sp³-hybridized carbons (Fsp3) is 0.333. The number of aromatic nitrogens is 2. The van der Waals surface area contributed by atoms with Gasteiger partial charge in [-0.2, -0.15) is 0 Å². The predicted octanol–water partition coefficient (Wildman–Crippen LogP) is 4.11. The number of likely N-dealkylation sites (tertiary alicyclic amines) is 1. The Balaban J connectivity index is 1.43. The highest BCUT2D eigenvalue weighted by molar-refractivity contribution is 5.91. The first kappa shape index (κ1) is 23.4. The summed E-state index contributed by atoms with van der Waals surface area (Å²) in [6.07, 6.45) is 5.22. The quantitative estimate of drug-likeness (QED) is 0.576.